The van der Waals surface area contributed by atoms with E-state index in [1.807, 2.05) is 43.3 Å². The lowest BCUT2D eigenvalue weighted by atomic mass is 10.0. The van der Waals surface area contributed by atoms with Gasteiger partial charge >= 0.3 is 0 Å². The Morgan fingerprint density at radius 2 is 2.12 bits per heavy atom. The van der Waals surface area contributed by atoms with Crippen molar-refractivity contribution in [3.05, 3.63) is 59.7 Å². The molecule has 2 aromatic rings. The summed E-state index contributed by atoms with van der Waals surface area (Å²) in [5.74, 6) is 2.61. The van der Waals surface area contributed by atoms with Gasteiger partial charge in [0.1, 0.15) is 17.6 Å². The largest absolute Gasteiger partial charge is 0.493 e. The minimum Gasteiger partial charge on any atom is -0.493 e. The number of hydrogen-bond acceptors (Lipinski definition) is 3. The average molecular weight is 353 g/mol. The van der Waals surface area contributed by atoms with Gasteiger partial charge in [0.15, 0.2) is 5.96 Å². The second kappa shape index (κ2) is 8.61. The number of benzene rings is 2. The summed E-state index contributed by atoms with van der Waals surface area (Å²) in [5, 5.41) is 6.85. The molecule has 0 bridgehead atoms. The molecule has 138 valence electrons. The minimum absolute atomic E-state index is 0.0253. The molecule has 0 saturated heterocycles. The minimum atomic E-state index is 0.0253. The van der Waals surface area contributed by atoms with Gasteiger partial charge in [0.05, 0.1) is 19.2 Å². The number of aryl methyl sites for hydroxylation is 1. The molecule has 1 heterocycles. The molecule has 2 unspecified atom stereocenters. The third-order valence-electron chi connectivity index (χ3n) is 4.38. The van der Waals surface area contributed by atoms with E-state index in [0.717, 1.165) is 23.9 Å². The highest BCUT2D eigenvalue weighted by molar-refractivity contribution is 5.80. The second-order valence-electron chi connectivity index (χ2n) is 6.57. The van der Waals surface area contributed by atoms with Crippen molar-refractivity contribution in [3.8, 4) is 11.5 Å². The molecule has 0 aromatic heterocycles. The standard InChI is InChI=1S/C21H27N3O2/c1-15-7-6-8-17(13-15)26-16(2)14-23-21(22-3)24-19-11-12-25-20-10-5-4-9-18(19)20/h4-10,13,16,19H,11-12,14H2,1-3H3,(H2,22,23,24). The zero-order valence-corrected chi connectivity index (χ0v) is 15.7. The molecule has 0 saturated carbocycles. The normalized spacial score (nSPS) is 17.7. The van der Waals surface area contributed by atoms with Crippen molar-refractivity contribution in [2.24, 2.45) is 4.99 Å². The van der Waals surface area contributed by atoms with Gasteiger partial charge in [0.2, 0.25) is 0 Å². The van der Waals surface area contributed by atoms with Crippen molar-refractivity contribution >= 4 is 5.96 Å². The van der Waals surface area contributed by atoms with Crippen LogP contribution in [-0.2, 0) is 0 Å². The Kier molecular flexibility index (Phi) is 6.00. The number of hydrogen-bond donors (Lipinski definition) is 2. The van der Waals surface area contributed by atoms with Gasteiger partial charge in [-0.1, -0.05) is 30.3 Å². The summed E-state index contributed by atoms with van der Waals surface area (Å²) in [5.41, 5.74) is 2.36. The molecular formula is C21H27N3O2. The second-order valence-corrected chi connectivity index (χ2v) is 6.57. The van der Waals surface area contributed by atoms with E-state index in [1.54, 1.807) is 7.05 Å². The molecular weight excluding hydrogens is 326 g/mol. The topological polar surface area (TPSA) is 54.9 Å². The molecule has 26 heavy (non-hydrogen) atoms. The van der Waals surface area contributed by atoms with Crippen LogP contribution in [0.2, 0.25) is 0 Å². The number of rotatable bonds is 5. The fourth-order valence-electron chi connectivity index (χ4n) is 3.05. The van der Waals surface area contributed by atoms with Gasteiger partial charge < -0.3 is 20.1 Å². The number of para-hydroxylation sites is 1. The maximum absolute atomic E-state index is 5.97. The van der Waals surface area contributed by atoms with Crippen molar-refractivity contribution in [2.75, 3.05) is 20.2 Å². The van der Waals surface area contributed by atoms with Crippen molar-refractivity contribution in [3.63, 3.8) is 0 Å². The Labute approximate surface area is 155 Å². The summed E-state index contributed by atoms with van der Waals surface area (Å²) in [6, 6.07) is 16.4. The summed E-state index contributed by atoms with van der Waals surface area (Å²) in [7, 11) is 1.78. The lowest BCUT2D eigenvalue weighted by Crippen LogP contribution is -2.44. The van der Waals surface area contributed by atoms with E-state index in [9.17, 15) is 0 Å². The van der Waals surface area contributed by atoms with Crippen molar-refractivity contribution in [1.82, 2.24) is 10.6 Å². The van der Waals surface area contributed by atoms with Crippen LogP contribution >= 0.6 is 0 Å². The number of fused-ring (bicyclic) bond motifs is 1. The van der Waals surface area contributed by atoms with E-state index in [-0.39, 0.29) is 12.1 Å². The van der Waals surface area contributed by atoms with E-state index in [4.69, 9.17) is 9.47 Å². The molecule has 2 atom stereocenters. The zero-order chi connectivity index (χ0) is 18.4. The molecule has 1 aliphatic rings. The quantitative estimate of drug-likeness (QED) is 0.639. The highest BCUT2D eigenvalue weighted by Gasteiger charge is 2.21. The molecule has 5 heteroatoms. The Morgan fingerprint density at radius 3 is 2.92 bits per heavy atom. The van der Waals surface area contributed by atoms with Gasteiger partial charge in [-0.05, 0) is 37.6 Å². The SMILES string of the molecule is CN=C(NCC(C)Oc1cccc(C)c1)NC1CCOc2ccccc21. The monoisotopic (exact) mass is 353 g/mol. The van der Waals surface area contributed by atoms with Crippen LogP contribution < -0.4 is 20.1 Å². The summed E-state index contributed by atoms with van der Waals surface area (Å²) >= 11 is 0. The van der Waals surface area contributed by atoms with Gasteiger partial charge in [-0.15, -0.1) is 0 Å². The van der Waals surface area contributed by atoms with Gasteiger partial charge in [-0.2, -0.15) is 0 Å². The summed E-state index contributed by atoms with van der Waals surface area (Å²) < 4.78 is 11.7. The van der Waals surface area contributed by atoms with Crippen molar-refractivity contribution in [1.29, 1.82) is 0 Å². The van der Waals surface area contributed by atoms with Gasteiger partial charge in [-0.25, -0.2) is 0 Å². The fraction of sp³-hybridized carbons (Fsp3) is 0.381. The number of nitrogens with one attached hydrogen (secondary N) is 2. The third-order valence-corrected chi connectivity index (χ3v) is 4.38. The molecule has 0 radical (unpaired) electrons. The van der Waals surface area contributed by atoms with Crippen LogP contribution in [0.3, 0.4) is 0 Å². The Balaban J connectivity index is 1.54. The first-order valence-electron chi connectivity index (χ1n) is 9.08. The molecule has 5 nitrogen and oxygen atoms in total. The summed E-state index contributed by atoms with van der Waals surface area (Å²) in [6.07, 6.45) is 0.935. The number of nitrogens with zero attached hydrogens (tertiary/aromatic N) is 1. The van der Waals surface area contributed by atoms with Crippen LogP contribution in [0.15, 0.2) is 53.5 Å². The molecule has 1 aliphatic heterocycles. The molecule has 0 amide bonds. The van der Waals surface area contributed by atoms with Crippen LogP contribution in [-0.4, -0.2) is 32.3 Å². The Hall–Kier alpha value is -2.69. The molecule has 2 N–H and O–H groups in total. The number of guanidine groups is 1. The first-order chi connectivity index (χ1) is 12.7. The Morgan fingerprint density at radius 1 is 1.27 bits per heavy atom. The van der Waals surface area contributed by atoms with E-state index in [1.165, 1.54) is 11.1 Å². The lowest BCUT2D eigenvalue weighted by Gasteiger charge is -2.28. The first-order valence-corrected chi connectivity index (χ1v) is 9.08. The van der Waals surface area contributed by atoms with Gasteiger partial charge in [0, 0.05) is 19.0 Å². The highest BCUT2D eigenvalue weighted by Crippen LogP contribution is 2.31. The van der Waals surface area contributed by atoms with E-state index in [2.05, 4.69) is 34.7 Å². The predicted octanol–water partition coefficient (Wildman–Crippen LogP) is 3.45. The average Bonchev–Trinajstić information content (AvgIpc) is 2.65. The van der Waals surface area contributed by atoms with Crippen LogP contribution in [0.4, 0.5) is 0 Å². The van der Waals surface area contributed by atoms with E-state index >= 15 is 0 Å². The molecule has 0 spiro atoms. The Bertz CT molecular complexity index is 760. The van der Waals surface area contributed by atoms with Crippen LogP contribution in [0.1, 0.15) is 30.5 Å². The van der Waals surface area contributed by atoms with Gasteiger partial charge in [-0.3, -0.25) is 4.99 Å². The molecule has 2 aromatic carbocycles. The van der Waals surface area contributed by atoms with Crippen molar-refractivity contribution < 1.29 is 9.47 Å². The number of ether oxygens (including phenoxy) is 2. The van der Waals surface area contributed by atoms with Crippen LogP contribution in [0.5, 0.6) is 11.5 Å². The molecule has 3 rings (SSSR count). The maximum atomic E-state index is 5.97. The van der Waals surface area contributed by atoms with Crippen LogP contribution in [0.25, 0.3) is 0 Å². The smallest absolute Gasteiger partial charge is 0.191 e. The van der Waals surface area contributed by atoms with Crippen molar-refractivity contribution in [2.45, 2.75) is 32.4 Å². The summed E-state index contributed by atoms with van der Waals surface area (Å²) in [6.45, 7) is 5.48. The molecule has 0 aliphatic carbocycles. The van der Waals surface area contributed by atoms with Gasteiger partial charge in [0.25, 0.3) is 0 Å². The highest BCUT2D eigenvalue weighted by atomic mass is 16.5. The third kappa shape index (κ3) is 4.69. The van der Waals surface area contributed by atoms with E-state index in [0.29, 0.717) is 13.2 Å². The van der Waals surface area contributed by atoms with E-state index < -0.39 is 0 Å². The predicted molar refractivity (Wildman–Crippen MR) is 105 cm³/mol. The van der Waals surface area contributed by atoms with Crippen LogP contribution in [0, 0.1) is 6.92 Å². The maximum Gasteiger partial charge on any atom is 0.191 e. The fourth-order valence-corrected chi connectivity index (χ4v) is 3.05. The zero-order valence-electron chi connectivity index (χ0n) is 15.7. The lowest BCUT2D eigenvalue weighted by molar-refractivity contribution is 0.223. The summed E-state index contributed by atoms with van der Waals surface area (Å²) in [4.78, 5) is 4.35. The number of aliphatic imine (C=N–C) groups is 1. The molecule has 0 fully saturated rings. The first kappa shape index (κ1) is 18.1.